The molecule has 88 valence electrons. The van der Waals surface area contributed by atoms with Gasteiger partial charge in [0.2, 0.25) is 0 Å². The summed E-state index contributed by atoms with van der Waals surface area (Å²) in [4.78, 5) is 12.0. The predicted molar refractivity (Wildman–Crippen MR) is 70.6 cm³/mol. The monoisotopic (exact) mass is 256 g/mol. The summed E-state index contributed by atoms with van der Waals surface area (Å²) in [6.07, 6.45) is 0. The van der Waals surface area contributed by atoms with E-state index in [0.29, 0.717) is 21.8 Å². The molecule has 3 nitrogen and oxygen atoms in total. The Balaban J connectivity index is 2.22. The summed E-state index contributed by atoms with van der Waals surface area (Å²) in [5.41, 5.74) is 1.47. The quantitative estimate of drug-likeness (QED) is 0.895. The molecule has 0 spiro atoms. The molecule has 0 bridgehead atoms. The van der Waals surface area contributed by atoms with Gasteiger partial charge in [-0.05, 0) is 30.3 Å². The van der Waals surface area contributed by atoms with Gasteiger partial charge in [0, 0.05) is 5.69 Å². The highest BCUT2D eigenvalue weighted by Gasteiger charge is 2.09. The molecule has 0 heterocycles. The molecule has 2 rings (SSSR count). The zero-order valence-electron chi connectivity index (χ0n) is 9.35. The number of carbonyl (C=O) groups excluding carboxylic acids is 1. The minimum atomic E-state index is -0.296. The van der Waals surface area contributed by atoms with Crippen molar-refractivity contribution in [1.82, 2.24) is 0 Å². The first-order chi connectivity index (χ1) is 8.70. The van der Waals surface area contributed by atoms with Crippen molar-refractivity contribution in [1.29, 1.82) is 5.26 Å². The number of amides is 1. The molecule has 0 aliphatic heterocycles. The standard InChI is InChI=1S/C14H9ClN2O/c15-13-7-2-1-6-12(13)14(18)17-11-5-3-4-10(8-11)9-16/h1-8H,(H,17,18). The topological polar surface area (TPSA) is 52.9 Å². The van der Waals surface area contributed by atoms with E-state index in [4.69, 9.17) is 16.9 Å². The van der Waals surface area contributed by atoms with Crippen molar-refractivity contribution in [3.8, 4) is 6.07 Å². The van der Waals surface area contributed by atoms with Crippen LogP contribution in [0.4, 0.5) is 5.69 Å². The second kappa shape index (κ2) is 5.35. The lowest BCUT2D eigenvalue weighted by atomic mass is 10.2. The molecule has 1 N–H and O–H groups in total. The molecule has 0 saturated heterocycles. The Bertz CT molecular complexity index is 632. The third-order valence-corrected chi connectivity index (χ3v) is 2.70. The molecular weight excluding hydrogens is 248 g/mol. The Kier molecular flexibility index (Phi) is 3.61. The first-order valence-electron chi connectivity index (χ1n) is 5.27. The fourth-order valence-corrected chi connectivity index (χ4v) is 1.73. The van der Waals surface area contributed by atoms with Crippen LogP contribution in [0.15, 0.2) is 48.5 Å². The second-order valence-electron chi connectivity index (χ2n) is 3.63. The van der Waals surface area contributed by atoms with Gasteiger partial charge in [0.05, 0.1) is 22.2 Å². The summed E-state index contributed by atoms with van der Waals surface area (Å²) in [7, 11) is 0. The van der Waals surface area contributed by atoms with Crippen LogP contribution >= 0.6 is 11.6 Å². The van der Waals surface area contributed by atoms with Crippen LogP contribution in [0.3, 0.4) is 0 Å². The summed E-state index contributed by atoms with van der Waals surface area (Å²) in [6, 6.07) is 15.5. The van der Waals surface area contributed by atoms with Crippen LogP contribution in [0, 0.1) is 11.3 Å². The molecule has 2 aromatic rings. The van der Waals surface area contributed by atoms with Gasteiger partial charge >= 0.3 is 0 Å². The molecular formula is C14H9ClN2O. The Morgan fingerprint density at radius 3 is 2.67 bits per heavy atom. The smallest absolute Gasteiger partial charge is 0.257 e. The van der Waals surface area contributed by atoms with E-state index in [9.17, 15) is 4.79 Å². The largest absolute Gasteiger partial charge is 0.322 e. The predicted octanol–water partition coefficient (Wildman–Crippen LogP) is 3.46. The van der Waals surface area contributed by atoms with E-state index in [1.54, 1.807) is 48.5 Å². The lowest BCUT2D eigenvalue weighted by Crippen LogP contribution is -2.12. The summed E-state index contributed by atoms with van der Waals surface area (Å²) >= 11 is 5.93. The van der Waals surface area contributed by atoms with E-state index in [2.05, 4.69) is 5.32 Å². The maximum Gasteiger partial charge on any atom is 0.257 e. The van der Waals surface area contributed by atoms with E-state index >= 15 is 0 Å². The average molecular weight is 257 g/mol. The highest BCUT2D eigenvalue weighted by molar-refractivity contribution is 6.34. The highest BCUT2D eigenvalue weighted by Crippen LogP contribution is 2.17. The van der Waals surface area contributed by atoms with Crippen LogP contribution in [0.5, 0.6) is 0 Å². The van der Waals surface area contributed by atoms with Gasteiger partial charge in [-0.3, -0.25) is 4.79 Å². The van der Waals surface area contributed by atoms with Crippen LogP contribution in [0.1, 0.15) is 15.9 Å². The second-order valence-corrected chi connectivity index (χ2v) is 4.03. The number of nitriles is 1. The third-order valence-electron chi connectivity index (χ3n) is 2.37. The molecule has 0 atom stereocenters. The number of carbonyl (C=O) groups is 1. The number of hydrogen-bond acceptors (Lipinski definition) is 2. The summed E-state index contributed by atoms with van der Waals surface area (Å²) in [5, 5.41) is 11.9. The van der Waals surface area contributed by atoms with Gasteiger partial charge in [-0.1, -0.05) is 29.8 Å². The molecule has 0 saturated carbocycles. The highest BCUT2D eigenvalue weighted by atomic mass is 35.5. The van der Waals surface area contributed by atoms with Crippen molar-refractivity contribution < 1.29 is 4.79 Å². The van der Waals surface area contributed by atoms with Gasteiger partial charge in [0.1, 0.15) is 0 Å². The molecule has 18 heavy (non-hydrogen) atoms. The summed E-state index contributed by atoms with van der Waals surface area (Å²) < 4.78 is 0. The van der Waals surface area contributed by atoms with Gasteiger partial charge in [-0.25, -0.2) is 0 Å². The minimum Gasteiger partial charge on any atom is -0.322 e. The molecule has 0 fully saturated rings. The maximum absolute atomic E-state index is 12.0. The van der Waals surface area contributed by atoms with Gasteiger partial charge in [0.25, 0.3) is 5.91 Å². The maximum atomic E-state index is 12.0. The van der Waals surface area contributed by atoms with E-state index in [0.717, 1.165) is 0 Å². The van der Waals surface area contributed by atoms with Crippen molar-refractivity contribution in [3.63, 3.8) is 0 Å². The van der Waals surface area contributed by atoms with E-state index in [-0.39, 0.29) is 5.91 Å². The molecule has 0 aliphatic rings. The van der Waals surface area contributed by atoms with Crippen molar-refractivity contribution in [2.45, 2.75) is 0 Å². The number of anilines is 1. The Hall–Kier alpha value is -2.31. The minimum absolute atomic E-state index is 0.296. The lowest BCUT2D eigenvalue weighted by molar-refractivity contribution is 0.102. The number of rotatable bonds is 2. The summed E-state index contributed by atoms with van der Waals surface area (Å²) in [6.45, 7) is 0. The third kappa shape index (κ3) is 2.68. The first-order valence-corrected chi connectivity index (χ1v) is 5.64. The van der Waals surface area contributed by atoms with Gasteiger partial charge in [-0.15, -0.1) is 0 Å². The number of hydrogen-bond donors (Lipinski definition) is 1. The number of nitrogens with zero attached hydrogens (tertiary/aromatic N) is 1. The van der Waals surface area contributed by atoms with Crippen LogP contribution in [-0.2, 0) is 0 Å². The van der Waals surface area contributed by atoms with Crippen molar-refractivity contribution >= 4 is 23.2 Å². The molecule has 1 amide bonds. The molecule has 2 aromatic carbocycles. The zero-order valence-corrected chi connectivity index (χ0v) is 10.1. The first kappa shape index (κ1) is 12.2. The molecule has 0 radical (unpaired) electrons. The number of halogens is 1. The Morgan fingerprint density at radius 2 is 1.94 bits per heavy atom. The van der Waals surface area contributed by atoms with Crippen LogP contribution in [-0.4, -0.2) is 5.91 Å². The van der Waals surface area contributed by atoms with Crippen molar-refractivity contribution in [3.05, 3.63) is 64.7 Å². The van der Waals surface area contributed by atoms with E-state index < -0.39 is 0 Å². The fourth-order valence-electron chi connectivity index (χ4n) is 1.51. The molecule has 0 unspecified atom stereocenters. The van der Waals surface area contributed by atoms with Crippen molar-refractivity contribution in [2.75, 3.05) is 5.32 Å². The molecule has 4 heteroatoms. The number of benzene rings is 2. The molecule has 0 aliphatic carbocycles. The van der Waals surface area contributed by atoms with Crippen LogP contribution in [0.2, 0.25) is 5.02 Å². The Morgan fingerprint density at radius 1 is 1.17 bits per heavy atom. The Labute approximate surface area is 110 Å². The molecule has 0 aromatic heterocycles. The normalized spacial score (nSPS) is 9.56. The van der Waals surface area contributed by atoms with Crippen LogP contribution in [0.25, 0.3) is 0 Å². The summed E-state index contributed by atoms with van der Waals surface area (Å²) in [5.74, 6) is -0.296. The van der Waals surface area contributed by atoms with Crippen molar-refractivity contribution in [2.24, 2.45) is 0 Å². The van der Waals surface area contributed by atoms with Gasteiger partial charge in [0.15, 0.2) is 0 Å². The van der Waals surface area contributed by atoms with Crippen LogP contribution < -0.4 is 5.32 Å². The average Bonchev–Trinajstić information content (AvgIpc) is 2.39. The lowest BCUT2D eigenvalue weighted by Gasteiger charge is -2.06. The van der Waals surface area contributed by atoms with Gasteiger partial charge in [-0.2, -0.15) is 5.26 Å². The van der Waals surface area contributed by atoms with E-state index in [1.165, 1.54) is 0 Å². The number of nitrogens with one attached hydrogen (secondary N) is 1. The fraction of sp³-hybridized carbons (Fsp3) is 0. The van der Waals surface area contributed by atoms with E-state index in [1.807, 2.05) is 6.07 Å². The zero-order chi connectivity index (χ0) is 13.0. The van der Waals surface area contributed by atoms with Gasteiger partial charge < -0.3 is 5.32 Å². The SMILES string of the molecule is N#Cc1cccc(NC(=O)c2ccccc2Cl)c1.